The van der Waals surface area contributed by atoms with E-state index in [9.17, 15) is 0 Å². The van der Waals surface area contributed by atoms with Crippen LogP contribution in [0.4, 0.5) is 0 Å². The van der Waals surface area contributed by atoms with Crippen molar-refractivity contribution >= 4 is 28.2 Å². The van der Waals surface area contributed by atoms with E-state index in [4.69, 9.17) is 11.6 Å². The number of rotatable bonds is 5. The fraction of sp³-hybridized carbons (Fsp3) is 0.474. The number of likely N-dealkylation sites (N-methyl/N-ethyl adjacent to an activating group) is 1. The molecule has 0 saturated carbocycles. The lowest BCUT2D eigenvalue weighted by molar-refractivity contribution is 0.0800. The number of hydrogen-bond acceptors (Lipinski definition) is 5. The van der Waals surface area contributed by atoms with Gasteiger partial charge in [0.05, 0.1) is 11.0 Å². The molecule has 25 heavy (non-hydrogen) atoms. The Hall–Kier alpha value is -1.69. The van der Waals surface area contributed by atoms with Gasteiger partial charge >= 0.3 is 0 Å². The molecule has 1 saturated heterocycles. The highest BCUT2D eigenvalue weighted by Crippen LogP contribution is 2.25. The van der Waals surface area contributed by atoms with Gasteiger partial charge in [-0.05, 0) is 62.7 Å². The Morgan fingerprint density at radius 3 is 2.80 bits per heavy atom. The van der Waals surface area contributed by atoms with Crippen LogP contribution < -0.4 is 0 Å². The van der Waals surface area contributed by atoms with E-state index >= 15 is 0 Å². The lowest BCUT2D eigenvalue weighted by atomic mass is 10.1. The summed E-state index contributed by atoms with van der Waals surface area (Å²) in [6, 6.07) is 5.77. The number of halogens is 1. The molecule has 2 aliphatic rings. The molecule has 0 bridgehead atoms. The third kappa shape index (κ3) is 3.78. The van der Waals surface area contributed by atoms with Crippen LogP contribution in [-0.4, -0.2) is 64.7 Å². The van der Waals surface area contributed by atoms with Gasteiger partial charge in [0, 0.05) is 38.1 Å². The maximum atomic E-state index is 6.01. The summed E-state index contributed by atoms with van der Waals surface area (Å²) in [5.41, 5.74) is 4.12. The average molecular weight is 358 g/mol. The third-order valence-corrected chi connectivity index (χ3v) is 5.29. The maximum Gasteiger partial charge on any atom is 0.129 e. The molecule has 4 rings (SSSR count). The van der Waals surface area contributed by atoms with Crippen LogP contribution in [0.25, 0.3) is 16.6 Å². The summed E-state index contributed by atoms with van der Waals surface area (Å²) < 4.78 is 0. The molecule has 0 aromatic carbocycles. The van der Waals surface area contributed by atoms with Gasteiger partial charge in [0.2, 0.25) is 0 Å². The van der Waals surface area contributed by atoms with Crippen molar-refractivity contribution in [2.24, 2.45) is 0 Å². The summed E-state index contributed by atoms with van der Waals surface area (Å²) in [6.07, 6.45) is 8.10. The molecule has 0 aliphatic carbocycles. The lowest BCUT2D eigenvalue weighted by Crippen LogP contribution is -2.34. The number of nitrogens with zero attached hydrogens (tertiary/aromatic N) is 5. The van der Waals surface area contributed by atoms with Crippen molar-refractivity contribution in [3.05, 3.63) is 41.3 Å². The lowest BCUT2D eigenvalue weighted by Gasteiger charge is -2.26. The van der Waals surface area contributed by atoms with Gasteiger partial charge in [0.15, 0.2) is 0 Å². The van der Waals surface area contributed by atoms with Crippen LogP contribution in [0.1, 0.15) is 24.8 Å². The van der Waals surface area contributed by atoms with Crippen molar-refractivity contribution < 1.29 is 0 Å². The summed E-state index contributed by atoms with van der Waals surface area (Å²) in [4.78, 5) is 11.5. The summed E-state index contributed by atoms with van der Waals surface area (Å²) in [7, 11) is 2.14. The van der Waals surface area contributed by atoms with Gasteiger partial charge in [-0.1, -0.05) is 11.6 Å². The fourth-order valence-corrected chi connectivity index (χ4v) is 3.83. The standard InChI is InChI=1S/C19H24ClN5/c1-23-13-16(14-25(23)10-4-9-24-7-2-3-8-24)15-11-18-17(21-12-15)5-6-19(20)22-18/h5-6,11-12,14H,2-4,7-10,13H2,1H3. The van der Waals surface area contributed by atoms with Crippen LogP contribution in [0.3, 0.4) is 0 Å². The molecule has 5 nitrogen and oxygen atoms in total. The number of pyridine rings is 2. The van der Waals surface area contributed by atoms with E-state index < -0.39 is 0 Å². The zero-order valence-electron chi connectivity index (χ0n) is 14.7. The normalized spacial score (nSPS) is 19.1. The molecule has 132 valence electrons. The number of likely N-dealkylation sites (tertiary alicyclic amines) is 1. The van der Waals surface area contributed by atoms with Crippen LogP contribution in [0.5, 0.6) is 0 Å². The SMILES string of the molecule is CN1CC(c2cnc3ccc(Cl)nc3c2)=CN1CCCN1CCCC1. The molecule has 4 heterocycles. The first-order valence-electron chi connectivity index (χ1n) is 9.02. The molecule has 6 heteroatoms. The first-order valence-corrected chi connectivity index (χ1v) is 9.40. The quantitative estimate of drug-likeness (QED) is 0.767. The molecule has 0 amide bonds. The summed E-state index contributed by atoms with van der Waals surface area (Å²) in [5.74, 6) is 0. The Morgan fingerprint density at radius 1 is 1.12 bits per heavy atom. The molecule has 2 aromatic heterocycles. The molecule has 1 fully saturated rings. The van der Waals surface area contributed by atoms with Gasteiger partial charge < -0.3 is 9.91 Å². The van der Waals surface area contributed by atoms with E-state index in [0.717, 1.165) is 29.7 Å². The van der Waals surface area contributed by atoms with E-state index in [1.807, 2.05) is 12.3 Å². The van der Waals surface area contributed by atoms with Gasteiger partial charge in [0.1, 0.15) is 5.15 Å². The molecule has 2 aliphatic heterocycles. The van der Waals surface area contributed by atoms with Gasteiger partial charge in [-0.3, -0.25) is 4.98 Å². The first-order chi connectivity index (χ1) is 12.2. The number of fused-ring (bicyclic) bond motifs is 1. The molecular formula is C19H24ClN5. The number of hydrogen-bond donors (Lipinski definition) is 0. The number of aromatic nitrogens is 2. The van der Waals surface area contributed by atoms with Crippen molar-refractivity contribution in [3.8, 4) is 0 Å². The first kappa shape index (κ1) is 16.8. The van der Waals surface area contributed by atoms with Crippen LogP contribution in [-0.2, 0) is 0 Å². The number of hydrazine groups is 1. The molecule has 0 unspecified atom stereocenters. The van der Waals surface area contributed by atoms with E-state index in [1.165, 1.54) is 44.5 Å². The van der Waals surface area contributed by atoms with Gasteiger partial charge in [-0.2, -0.15) is 0 Å². The monoisotopic (exact) mass is 357 g/mol. The minimum atomic E-state index is 0.507. The van der Waals surface area contributed by atoms with Crippen LogP contribution in [0, 0.1) is 0 Å². The zero-order valence-corrected chi connectivity index (χ0v) is 15.4. The van der Waals surface area contributed by atoms with E-state index in [1.54, 1.807) is 6.07 Å². The largest absolute Gasteiger partial charge is 0.313 e. The Kier molecular flexibility index (Phi) is 4.88. The van der Waals surface area contributed by atoms with Gasteiger partial charge in [0.25, 0.3) is 0 Å². The predicted octanol–water partition coefficient (Wildman–Crippen LogP) is 3.27. The fourth-order valence-electron chi connectivity index (χ4n) is 3.68. The molecule has 0 N–H and O–H groups in total. The minimum Gasteiger partial charge on any atom is -0.313 e. The van der Waals surface area contributed by atoms with Crippen LogP contribution in [0.2, 0.25) is 5.15 Å². The van der Waals surface area contributed by atoms with E-state index in [2.05, 4.69) is 44.2 Å². The van der Waals surface area contributed by atoms with Crippen molar-refractivity contribution in [2.45, 2.75) is 19.3 Å². The van der Waals surface area contributed by atoms with Gasteiger partial charge in [-0.25, -0.2) is 9.99 Å². The molecular weight excluding hydrogens is 334 g/mol. The summed E-state index contributed by atoms with van der Waals surface area (Å²) in [5, 5.41) is 5.10. The highest BCUT2D eigenvalue weighted by atomic mass is 35.5. The minimum absolute atomic E-state index is 0.507. The van der Waals surface area contributed by atoms with Crippen molar-refractivity contribution in [1.29, 1.82) is 0 Å². The summed E-state index contributed by atoms with van der Waals surface area (Å²) in [6.45, 7) is 5.71. The van der Waals surface area contributed by atoms with Crippen molar-refractivity contribution in [2.75, 3.05) is 39.8 Å². The zero-order chi connectivity index (χ0) is 17.2. The Morgan fingerprint density at radius 2 is 1.96 bits per heavy atom. The van der Waals surface area contributed by atoms with Crippen molar-refractivity contribution in [3.63, 3.8) is 0 Å². The molecule has 2 aromatic rings. The Balaban J connectivity index is 1.44. The van der Waals surface area contributed by atoms with E-state index in [-0.39, 0.29) is 0 Å². The Labute approximate surface area is 153 Å². The second kappa shape index (κ2) is 7.28. The topological polar surface area (TPSA) is 35.5 Å². The highest BCUT2D eigenvalue weighted by Gasteiger charge is 2.20. The second-order valence-electron chi connectivity index (χ2n) is 6.93. The smallest absolute Gasteiger partial charge is 0.129 e. The second-order valence-corrected chi connectivity index (χ2v) is 7.32. The van der Waals surface area contributed by atoms with Crippen LogP contribution in [0.15, 0.2) is 30.6 Å². The van der Waals surface area contributed by atoms with E-state index in [0.29, 0.717) is 5.15 Å². The Bertz CT molecular complexity index is 784. The van der Waals surface area contributed by atoms with Gasteiger partial charge in [-0.15, -0.1) is 0 Å². The highest BCUT2D eigenvalue weighted by molar-refractivity contribution is 6.29. The molecule has 0 spiro atoms. The average Bonchev–Trinajstić information content (AvgIpc) is 3.24. The van der Waals surface area contributed by atoms with Crippen LogP contribution >= 0.6 is 11.6 Å². The molecule has 0 atom stereocenters. The maximum absolute atomic E-state index is 6.01. The van der Waals surface area contributed by atoms with Crippen molar-refractivity contribution in [1.82, 2.24) is 24.9 Å². The third-order valence-electron chi connectivity index (χ3n) is 5.08. The summed E-state index contributed by atoms with van der Waals surface area (Å²) >= 11 is 6.01. The predicted molar refractivity (Wildman–Crippen MR) is 102 cm³/mol. The molecule has 0 radical (unpaired) electrons.